The predicted octanol–water partition coefficient (Wildman–Crippen LogP) is 3.61. The van der Waals surface area contributed by atoms with E-state index in [9.17, 15) is 4.79 Å². The van der Waals surface area contributed by atoms with Crippen molar-refractivity contribution in [3.8, 4) is 5.75 Å². The Kier molecular flexibility index (Phi) is 5.18. The molecule has 0 saturated carbocycles. The van der Waals surface area contributed by atoms with Crippen LogP contribution in [0.2, 0.25) is 0 Å². The van der Waals surface area contributed by atoms with Crippen molar-refractivity contribution < 1.29 is 14.3 Å². The highest BCUT2D eigenvalue weighted by Crippen LogP contribution is 2.27. The summed E-state index contributed by atoms with van der Waals surface area (Å²) < 4.78 is 8.12. The molecular weight excluding hydrogens is 288 g/mol. The van der Waals surface area contributed by atoms with Gasteiger partial charge in [0.25, 0.3) is 0 Å². The third-order valence-corrected chi connectivity index (χ3v) is 2.04. The summed E-state index contributed by atoms with van der Waals surface area (Å²) in [5.74, 6) is 0.512. The zero-order valence-electron chi connectivity index (χ0n) is 8.88. The first-order valence-corrected chi connectivity index (χ1v) is 5.69. The number of anilines is 1. The predicted molar refractivity (Wildman–Crippen MR) is 68.3 cm³/mol. The number of hydrogen-bond acceptors (Lipinski definition) is 3. The van der Waals surface area contributed by atoms with Gasteiger partial charge in [-0.25, -0.2) is 4.79 Å². The Labute approximate surface area is 114 Å². The van der Waals surface area contributed by atoms with Crippen molar-refractivity contribution in [1.29, 1.82) is 0 Å². The van der Waals surface area contributed by atoms with Gasteiger partial charge in [-0.05, 0) is 12.1 Å². The number of para-hydroxylation sites is 2. The molecule has 0 fully saturated rings. The normalized spacial score (nSPS) is 10.8. The van der Waals surface area contributed by atoms with E-state index in [1.54, 1.807) is 24.3 Å². The van der Waals surface area contributed by atoms with E-state index in [1.807, 2.05) is 0 Å². The average molecular weight is 299 g/mol. The highest BCUT2D eigenvalue weighted by molar-refractivity contribution is 6.67. The van der Waals surface area contributed by atoms with Crippen LogP contribution in [0.4, 0.5) is 10.5 Å². The van der Waals surface area contributed by atoms with Crippen molar-refractivity contribution in [3.05, 3.63) is 24.3 Å². The van der Waals surface area contributed by atoms with Gasteiger partial charge in [-0.1, -0.05) is 46.9 Å². The number of benzene rings is 1. The van der Waals surface area contributed by atoms with Crippen molar-refractivity contribution in [2.75, 3.05) is 19.0 Å². The molecule has 1 rings (SSSR count). The van der Waals surface area contributed by atoms with Gasteiger partial charge in [0.1, 0.15) is 12.4 Å². The van der Waals surface area contributed by atoms with Crippen molar-refractivity contribution in [1.82, 2.24) is 0 Å². The maximum atomic E-state index is 11.4. The zero-order chi connectivity index (χ0) is 12.9. The molecule has 1 aromatic carbocycles. The highest BCUT2D eigenvalue weighted by Gasteiger charge is 2.22. The first-order valence-electron chi connectivity index (χ1n) is 4.56. The van der Waals surface area contributed by atoms with E-state index in [0.717, 1.165) is 0 Å². The number of carbonyl (C=O) groups is 1. The molecule has 0 saturated heterocycles. The summed E-state index contributed by atoms with van der Waals surface area (Å²) in [5.41, 5.74) is 0.476. The molecule has 1 amide bonds. The molecule has 17 heavy (non-hydrogen) atoms. The molecule has 0 spiro atoms. The molecular formula is C10H10Cl3NO3. The van der Waals surface area contributed by atoms with Gasteiger partial charge in [0, 0.05) is 0 Å². The summed E-state index contributed by atoms with van der Waals surface area (Å²) in [5, 5.41) is 2.47. The van der Waals surface area contributed by atoms with Crippen LogP contribution in [0.25, 0.3) is 0 Å². The number of alkyl halides is 3. The molecule has 0 aliphatic rings. The summed E-state index contributed by atoms with van der Waals surface area (Å²) in [6.45, 7) is -0.335. The van der Waals surface area contributed by atoms with Crippen LogP contribution in [-0.2, 0) is 4.74 Å². The Morgan fingerprint density at radius 1 is 1.35 bits per heavy atom. The molecule has 0 aliphatic carbocycles. The number of rotatable bonds is 3. The number of ether oxygens (including phenoxy) is 2. The zero-order valence-corrected chi connectivity index (χ0v) is 11.1. The molecule has 1 N–H and O–H groups in total. The van der Waals surface area contributed by atoms with E-state index in [1.165, 1.54) is 7.11 Å². The van der Waals surface area contributed by atoms with Gasteiger partial charge in [-0.2, -0.15) is 0 Å². The van der Waals surface area contributed by atoms with Crippen LogP contribution < -0.4 is 10.1 Å². The summed E-state index contributed by atoms with van der Waals surface area (Å²) in [6, 6.07) is 6.88. The van der Waals surface area contributed by atoms with Gasteiger partial charge in [0.2, 0.25) is 3.79 Å². The molecule has 0 bridgehead atoms. The number of nitrogens with one attached hydrogen (secondary N) is 1. The second-order valence-electron chi connectivity index (χ2n) is 3.02. The third-order valence-electron chi connectivity index (χ3n) is 1.71. The largest absolute Gasteiger partial charge is 0.495 e. The SMILES string of the molecule is COc1ccccc1NC(=O)OCC(Cl)(Cl)Cl. The van der Waals surface area contributed by atoms with Crippen LogP contribution in [0.15, 0.2) is 24.3 Å². The van der Waals surface area contributed by atoms with Gasteiger partial charge >= 0.3 is 6.09 Å². The smallest absolute Gasteiger partial charge is 0.411 e. The third kappa shape index (κ3) is 5.35. The Bertz CT molecular complexity index is 393. The molecule has 7 heteroatoms. The second-order valence-corrected chi connectivity index (χ2v) is 5.53. The van der Waals surface area contributed by atoms with Gasteiger partial charge in [-0.3, -0.25) is 5.32 Å². The Hall–Kier alpha value is -0.840. The molecule has 0 atom stereocenters. The van der Waals surface area contributed by atoms with Gasteiger partial charge in [0.15, 0.2) is 0 Å². The van der Waals surface area contributed by atoms with Crippen molar-refractivity contribution in [3.63, 3.8) is 0 Å². The topological polar surface area (TPSA) is 47.6 Å². The number of methoxy groups -OCH3 is 1. The average Bonchev–Trinajstić information content (AvgIpc) is 2.26. The lowest BCUT2D eigenvalue weighted by Crippen LogP contribution is -2.21. The van der Waals surface area contributed by atoms with Crippen LogP contribution in [0, 0.1) is 0 Å². The van der Waals surface area contributed by atoms with E-state index in [4.69, 9.17) is 44.3 Å². The minimum absolute atomic E-state index is 0.335. The summed E-state index contributed by atoms with van der Waals surface area (Å²) in [6.07, 6.45) is -0.721. The fourth-order valence-corrected chi connectivity index (χ4v) is 1.20. The van der Waals surface area contributed by atoms with Gasteiger partial charge < -0.3 is 9.47 Å². The molecule has 0 aliphatic heterocycles. The van der Waals surface area contributed by atoms with Crippen LogP contribution in [0.5, 0.6) is 5.75 Å². The first-order chi connectivity index (χ1) is 7.92. The van der Waals surface area contributed by atoms with E-state index < -0.39 is 9.89 Å². The first kappa shape index (κ1) is 14.2. The molecule has 0 radical (unpaired) electrons. The van der Waals surface area contributed by atoms with Crippen molar-refractivity contribution >= 4 is 46.6 Å². The van der Waals surface area contributed by atoms with Gasteiger partial charge in [-0.15, -0.1) is 0 Å². The minimum Gasteiger partial charge on any atom is -0.495 e. The van der Waals surface area contributed by atoms with Gasteiger partial charge in [0.05, 0.1) is 12.8 Å². The number of amides is 1. The van der Waals surface area contributed by atoms with E-state index in [0.29, 0.717) is 11.4 Å². The maximum absolute atomic E-state index is 11.4. The lowest BCUT2D eigenvalue weighted by Gasteiger charge is -2.13. The van der Waals surface area contributed by atoms with E-state index in [-0.39, 0.29) is 6.61 Å². The fourth-order valence-electron chi connectivity index (χ4n) is 1.04. The molecule has 1 aromatic rings. The molecule has 4 nitrogen and oxygen atoms in total. The second kappa shape index (κ2) is 6.19. The van der Waals surface area contributed by atoms with Crippen LogP contribution in [0.3, 0.4) is 0 Å². The van der Waals surface area contributed by atoms with E-state index >= 15 is 0 Å². The van der Waals surface area contributed by atoms with Crippen LogP contribution >= 0.6 is 34.8 Å². The standard InChI is InChI=1S/C10H10Cl3NO3/c1-16-8-5-3-2-4-7(8)14-9(15)17-6-10(11,12)13/h2-5H,6H2,1H3,(H,14,15). The maximum Gasteiger partial charge on any atom is 0.411 e. The highest BCUT2D eigenvalue weighted by atomic mass is 35.6. The van der Waals surface area contributed by atoms with Crippen molar-refractivity contribution in [2.45, 2.75) is 3.79 Å². The molecule has 0 unspecified atom stereocenters. The lowest BCUT2D eigenvalue weighted by molar-refractivity contribution is 0.164. The van der Waals surface area contributed by atoms with Crippen LogP contribution in [-0.4, -0.2) is 23.6 Å². The molecule has 0 heterocycles. The number of hydrogen-bond donors (Lipinski definition) is 1. The summed E-state index contributed by atoms with van der Waals surface area (Å²) in [4.78, 5) is 11.4. The van der Waals surface area contributed by atoms with Crippen molar-refractivity contribution in [2.24, 2.45) is 0 Å². The molecule has 0 aromatic heterocycles. The number of carbonyl (C=O) groups excluding carboxylic acids is 1. The number of halogens is 3. The van der Waals surface area contributed by atoms with E-state index in [2.05, 4.69) is 5.32 Å². The molecule has 94 valence electrons. The Morgan fingerprint density at radius 2 is 2.00 bits per heavy atom. The monoisotopic (exact) mass is 297 g/mol. The summed E-state index contributed by atoms with van der Waals surface area (Å²) in [7, 11) is 1.49. The Morgan fingerprint density at radius 3 is 2.59 bits per heavy atom. The van der Waals surface area contributed by atoms with Crippen LogP contribution in [0.1, 0.15) is 0 Å². The summed E-state index contributed by atoms with van der Waals surface area (Å²) >= 11 is 16.3. The quantitative estimate of drug-likeness (QED) is 0.867. The fraction of sp³-hybridized carbons (Fsp3) is 0.300. The minimum atomic E-state index is -1.63. The Balaban J connectivity index is 2.56. The lowest BCUT2D eigenvalue weighted by atomic mass is 10.3.